The molecule has 6 nitrogen and oxygen atoms in total. The summed E-state index contributed by atoms with van der Waals surface area (Å²) >= 11 is 0. The van der Waals surface area contributed by atoms with Crippen molar-refractivity contribution in [2.75, 3.05) is 5.32 Å². The van der Waals surface area contributed by atoms with E-state index in [9.17, 15) is 4.79 Å². The van der Waals surface area contributed by atoms with Crippen LogP contribution in [0, 0.1) is 11.3 Å². The zero-order valence-corrected chi connectivity index (χ0v) is 12.7. The van der Waals surface area contributed by atoms with Crippen molar-refractivity contribution in [3.63, 3.8) is 0 Å². The van der Waals surface area contributed by atoms with E-state index in [2.05, 4.69) is 22.6 Å². The van der Waals surface area contributed by atoms with Crippen molar-refractivity contribution in [3.8, 4) is 6.07 Å². The van der Waals surface area contributed by atoms with Crippen LogP contribution >= 0.6 is 0 Å². The summed E-state index contributed by atoms with van der Waals surface area (Å²) in [4.78, 5) is 12.3. The van der Waals surface area contributed by atoms with Gasteiger partial charge in [0.2, 0.25) is 0 Å². The molecule has 0 unspecified atom stereocenters. The number of aromatic nitrogens is 3. The molecule has 6 heteroatoms. The van der Waals surface area contributed by atoms with E-state index in [1.807, 2.05) is 16.8 Å². The van der Waals surface area contributed by atoms with E-state index < -0.39 is 0 Å². The van der Waals surface area contributed by atoms with Gasteiger partial charge in [0, 0.05) is 17.8 Å². The van der Waals surface area contributed by atoms with E-state index in [0.717, 1.165) is 18.5 Å². The Kier molecular flexibility index (Phi) is 4.02. The first kappa shape index (κ1) is 14.7. The highest BCUT2D eigenvalue weighted by Gasteiger charge is 2.10. The maximum atomic E-state index is 12.3. The Morgan fingerprint density at radius 2 is 2.17 bits per heavy atom. The third kappa shape index (κ3) is 3.04. The molecule has 0 atom stereocenters. The summed E-state index contributed by atoms with van der Waals surface area (Å²) < 4.78 is 1.83. The van der Waals surface area contributed by atoms with Gasteiger partial charge in [0.05, 0.1) is 17.1 Å². The van der Waals surface area contributed by atoms with Gasteiger partial charge in [0.1, 0.15) is 5.52 Å². The zero-order chi connectivity index (χ0) is 16.2. The normalized spacial score (nSPS) is 10.4. The van der Waals surface area contributed by atoms with E-state index >= 15 is 0 Å². The van der Waals surface area contributed by atoms with E-state index in [-0.39, 0.29) is 5.91 Å². The van der Waals surface area contributed by atoms with Gasteiger partial charge in [0.15, 0.2) is 0 Å². The largest absolute Gasteiger partial charge is 0.322 e. The number of nitrogens with one attached hydrogen (secondary N) is 1. The smallest absolute Gasteiger partial charge is 0.255 e. The number of benzene rings is 2. The summed E-state index contributed by atoms with van der Waals surface area (Å²) in [5, 5.41) is 19.9. The van der Waals surface area contributed by atoms with Crippen LogP contribution in [-0.2, 0) is 6.54 Å². The van der Waals surface area contributed by atoms with Crippen molar-refractivity contribution < 1.29 is 4.79 Å². The predicted octanol–water partition coefficient (Wildman–Crippen LogP) is 2.97. The van der Waals surface area contributed by atoms with E-state index in [4.69, 9.17) is 5.26 Å². The van der Waals surface area contributed by atoms with Crippen LogP contribution in [0.1, 0.15) is 29.3 Å². The molecule has 0 saturated carbocycles. The lowest BCUT2D eigenvalue weighted by Gasteiger charge is -2.06. The van der Waals surface area contributed by atoms with Crippen LogP contribution < -0.4 is 5.32 Å². The van der Waals surface area contributed by atoms with Gasteiger partial charge in [0.25, 0.3) is 5.91 Å². The molecule has 1 heterocycles. The number of anilines is 1. The van der Waals surface area contributed by atoms with Crippen LogP contribution in [0.15, 0.2) is 42.5 Å². The van der Waals surface area contributed by atoms with Gasteiger partial charge in [-0.3, -0.25) is 4.79 Å². The molecule has 1 N–H and O–H groups in total. The Balaban J connectivity index is 1.84. The Labute approximate surface area is 133 Å². The zero-order valence-electron chi connectivity index (χ0n) is 12.7. The van der Waals surface area contributed by atoms with Gasteiger partial charge in [-0.1, -0.05) is 18.2 Å². The van der Waals surface area contributed by atoms with E-state index in [1.54, 1.807) is 36.4 Å². The summed E-state index contributed by atoms with van der Waals surface area (Å²) in [6.07, 6.45) is 0.968. The number of fused-ring (bicyclic) bond motifs is 1. The topological polar surface area (TPSA) is 83.6 Å². The molecule has 0 bridgehead atoms. The summed E-state index contributed by atoms with van der Waals surface area (Å²) in [5.41, 5.74) is 3.19. The minimum atomic E-state index is -0.243. The first-order chi connectivity index (χ1) is 11.2. The predicted molar refractivity (Wildman–Crippen MR) is 86.9 cm³/mol. The van der Waals surface area contributed by atoms with Crippen molar-refractivity contribution in [3.05, 3.63) is 53.6 Å². The molecule has 0 fully saturated rings. The molecular formula is C17H15N5O. The summed E-state index contributed by atoms with van der Waals surface area (Å²) in [7, 11) is 0. The van der Waals surface area contributed by atoms with Gasteiger partial charge >= 0.3 is 0 Å². The van der Waals surface area contributed by atoms with Crippen molar-refractivity contribution in [2.45, 2.75) is 19.9 Å². The number of hydrogen-bond donors (Lipinski definition) is 1. The standard InChI is InChI=1S/C17H15N5O/c1-2-8-22-16-7-6-13(10-15(16)20-21-22)17(23)19-14-5-3-4-12(9-14)11-18/h3-7,9-10H,2,8H2,1H3,(H,19,23). The number of aryl methyl sites for hydroxylation is 1. The van der Waals surface area contributed by atoms with Gasteiger partial charge in [-0.15, -0.1) is 5.10 Å². The fraction of sp³-hybridized carbons (Fsp3) is 0.176. The number of nitrogens with zero attached hydrogens (tertiary/aromatic N) is 4. The van der Waals surface area contributed by atoms with Crippen molar-refractivity contribution in [2.24, 2.45) is 0 Å². The molecule has 0 radical (unpaired) electrons. The Bertz CT molecular complexity index is 907. The number of carbonyl (C=O) groups is 1. The highest BCUT2D eigenvalue weighted by Crippen LogP contribution is 2.16. The van der Waals surface area contributed by atoms with Crippen LogP contribution in [0.4, 0.5) is 5.69 Å². The van der Waals surface area contributed by atoms with Crippen LogP contribution in [0.25, 0.3) is 11.0 Å². The Morgan fingerprint density at radius 1 is 1.30 bits per heavy atom. The first-order valence-electron chi connectivity index (χ1n) is 7.36. The van der Waals surface area contributed by atoms with E-state index in [1.165, 1.54) is 0 Å². The number of rotatable bonds is 4. The first-order valence-corrected chi connectivity index (χ1v) is 7.36. The highest BCUT2D eigenvalue weighted by molar-refractivity contribution is 6.05. The fourth-order valence-corrected chi connectivity index (χ4v) is 2.36. The summed E-state index contributed by atoms with van der Waals surface area (Å²) in [6.45, 7) is 2.87. The molecule has 23 heavy (non-hydrogen) atoms. The molecule has 114 valence electrons. The lowest BCUT2D eigenvalue weighted by Crippen LogP contribution is -2.11. The third-order valence-electron chi connectivity index (χ3n) is 3.46. The lowest BCUT2D eigenvalue weighted by atomic mass is 10.1. The highest BCUT2D eigenvalue weighted by atomic mass is 16.1. The van der Waals surface area contributed by atoms with Crippen LogP contribution in [0.2, 0.25) is 0 Å². The van der Waals surface area contributed by atoms with Gasteiger partial charge in [-0.05, 0) is 42.8 Å². The number of nitriles is 1. The summed E-state index contributed by atoms with van der Waals surface area (Å²) in [6, 6.07) is 14.2. The lowest BCUT2D eigenvalue weighted by molar-refractivity contribution is 0.102. The van der Waals surface area contributed by atoms with Crippen LogP contribution in [0.3, 0.4) is 0 Å². The number of carbonyl (C=O) groups excluding carboxylic acids is 1. The monoisotopic (exact) mass is 305 g/mol. The van der Waals surface area contributed by atoms with Crippen LogP contribution in [-0.4, -0.2) is 20.9 Å². The molecule has 1 aromatic heterocycles. The van der Waals surface area contributed by atoms with Gasteiger partial charge in [-0.2, -0.15) is 5.26 Å². The van der Waals surface area contributed by atoms with Crippen LogP contribution in [0.5, 0.6) is 0 Å². The molecule has 0 spiro atoms. The van der Waals surface area contributed by atoms with Crippen molar-refractivity contribution >= 4 is 22.6 Å². The average Bonchev–Trinajstić information content (AvgIpc) is 2.97. The number of amides is 1. The van der Waals surface area contributed by atoms with E-state index in [0.29, 0.717) is 22.3 Å². The third-order valence-corrected chi connectivity index (χ3v) is 3.46. The molecule has 3 rings (SSSR count). The Morgan fingerprint density at radius 3 is 2.96 bits per heavy atom. The Hall–Kier alpha value is -3.20. The molecule has 2 aromatic carbocycles. The number of hydrogen-bond acceptors (Lipinski definition) is 4. The molecule has 0 saturated heterocycles. The SMILES string of the molecule is CCCn1nnc2cc(C(=O)Nc3cccc(C#N)c3)ccc21. The second-order valence-corrected chi connectivity index (χ2v) is 5.16. The van der Waals surface area contributed by atoms with Crippen molar-refractivity contribution in [1.82, 2.24) is 15.0 Å². The second-order valence-electron chi connectivity index (χ2n) is 5.16. The molecule has 1 amide bonds. The maximum Gasteiger partial charge on any atom is 0.255 e. The average molecular weight is 305 g/mol. The minimum Gasteiger partial charge on any atom is -0.322 e. The second kappa shape index (κ2) is 6.28. The molecular weight excluding hydrogens is 290 g/mol. The quantitative estimate of drug-likeness (QED) is 0.803. The molecule has 3 aromatic rings. The van der Waals surface area contributed by atoms with Crippen molar-refractivity contribution in [1.29, 1.82) is 5.26 Å². The van der Waals surface area contributed by atoms with Gasteiger partial charge < -0.3 is 5.32 Å². The molecule has 0 aliphatic heterocycles. The van der Waals surface area contributed by atoms with Gasteiger partial charge in [-0.25, -0.2) is 4.68 Å². The summed E-state index contributed by atoms with van der Waals surface area (Å²) in [5.74, 6) is -0.243. The maximum absolute atomic E-state index is 12.3. The minimum absolute atomic E-state index is 0.243. The molecule has 0 aliphatic rings. The molecule has 0 aliphatic carbocycles. The fourth-order valence-electron chi connectivity index (χ4n) is 2.36.